The molecule has 1 aliphatic carbocycles. The molecule has 0 amide bonds. The van der Waals surface area contributed by atoms with Crippen molar-refractivity contribution in [3.63, 3.8) is 0 Å². The summed E-state index contributed by atoms with van der Waals surface area (Å²) in [5, 5.41) is 20.5. The van der Waals surface area contributed by atoms with Gasteiger partial charge in [0.2, 0.25) is 0 Å². The SMILES string of the molecule is N#CC1(C(O)c2ccc(F)cc2Cl)CCCCCCC1. The van der Waals surface area contributed by atoms with Crippen molar-refractivity contribution in [3.05, 3.63) is 34.6 Å². The summed E-state index contributed by atoms with van der Waals surface area (Å²) in [6.07, 6.45) is 5.61. The van der Waals surface area contributed by atoms with E-state index in [2.05, 4.69) is 6.07 Å². The monoisotopic (exact) mass is 295 g/mol. The Morgan fingerprint density at radius 3 is 2.35 bits per heavy atom. The fraction of sp³-hybridized carbons (Fsp3) is 0.562. The van der Waals surface area contributed by atoms with E-state index in [1.54, 1.807) is 0 Å². The van der Waals surface area contributed by atoms with Crippen LogP contribution in [-0.2, 0) is 0 Å². The van der Waals surface area contributed by atoms with Crippen LogP contribution in [0.2, 0.25) is 5.02 Å². The zero-order chi connectivity index (χ0) is 14.6. The number of hydrogen-bond acceptors (Lipinski definition) is 2. The van der Waals surface area contributed by atoms with E-state index in [0.717, 1.165) is 25.7 Å². The van der Waals surface area contributed by atoms with Gasteiger partial charge in [-0.3, -0.25) is 0 Å². The van der Waals surface area contributed by atoms with E-state index < -0.39 is 17.3 Å². The fourth-order valence-corrected chi connectivity index (χ4v) is 3.27. The van der Waals surface area contributed by atoms with Crippen LogP contribution in [0.15, 0.2) is 18.2 Å². The smallest absolute Gasteiger partial charge is 0.124 e. The lowest BCUT2D eigenvalue weighted by atomic mass is 9.71. The molecule has 1 aromatic rings. The Labute approximate surface area is 124 Å². The summed E-state index contributed by atoms with van der Waals surface area (Å²) in [7, 11) is 0. The Kier molecular flexibility index (Phi) is 5.01. The van der Waals surface area contributed by atoms with Gasteiger partial charge < -0.3 is 5.11 Å². The van der Waals surface area contributed by atoms with Gasteiger partial charge in [0.15, 0.2) is 0 Å². The van der Waals surface area contributed by atoms with Crippen molar-refractivity contribution in [2.24, 2.45) is 5.41 Å². The maximum absolute atomic E-state index is 13.1. The Balaban J connectivity index is 2.31. The third-order valence-electron chi connectivity index (χ3n) is 4.25. The highest BCUT2D eigenvalue weighted by Crippen LogP contribution is 2.45. The van der Waals surface area contributed by atoms with Gasteiger partial charge in [-0.15, -0.1) is 0 Å². The van der Waals surface area contributed by atoms with Crippen molar-refractivity contribution in [2.75, 3.05) is 0 Å². The van der Waals surface area contributed by atoms with Crippen LogP contribution in [0, 0.1) is 22.6 Å². The lowest BCUT2D eigenvalue weighted by molar-refractivity contribution is 0.0435. The summed E-state index contributed by atoms with van der Waals surface area (Å²) in [6.45, 7) is 0. The van der Waals surface area contributed by atoms with E-state index in [0.29, 0.717) is 18.4 Å². The summed E-state index contributed by atoms with van der Waals surface area (Å²) in [5.74, 6) is -0.436. The van der Waals surface area contributed by atoms with Crippen LogP contribution in [0.5, 0.6) is 0 Å². The van der Waals surface area contributed by atoms with Gasteiger partial charge in [-0.2, -0.15) is 5.26 Å². The molecule has 20 heavy (non-hydrogen) atoms. The number of nitrogens with zero attached hydrogens (tertiary/aromatic N) is 1. The Morgan fingerprint density at radius 2 is 1.80 bits per heavy atom. The van der Waals surface area contributed by atoms with Crippen LogP contribution in [0.3, 0.4) is 0 Å². The molecule has 1 N–H and O–H groups in total. The highest BCUT2D eigenvalue weighted by atomic mass is 35.5. The summed E-state index contributed by atoms with van der Waals surface area (Å²) in [6, 6.07) is 6.27. The van der Waals surface area contributed by atoms with Gasteiger partial charge in [-0.1, -0.05) is 49.8 Å². The van der Waals surface area contributed by atoms with Crippen LogP contribution < -0.4 is 0 Å². The van der Waals surface area contributed by atoms with Crippen molar-refractivity contribution in [1.29, 1.82) is 5.26 Å². The molecule has 0 radical (unpaired) electrons. The first-order valence-electron chi connectivity index (χ1n) is 7.13. The second kappa shape index (κ2) is 6.56. The normalized spacial score (nSPS) is 20.5. The van der Waals surface area contributed by atoms with E-state index in [9.17, 15) is 14.8 Å². The van der Waals surface area contributed by atoms with Crippen molar-refractivity contribution in [2.45, 2.75) is 51.0 Å². The van der Waals surface area contributed by atoms with Gasteiger partial charge in [0, 0.05) is 10.6 Å². The third-order valence-corrected chi connectivity index (χ3v) is 4.58. The minimum absolute atomic E-state index is 0.189. The molecule has 1 atom stereocenters. The van der Waals surface area contributed by atoms with Crippen LogP contribution >= 0.6 is 11.6 Å². The number of nitriles is 1. The molecular formula is C16H19ClFNO. The predicted octanol–water partition coefficient (Wildman–Crippen LogP) is 4.77. The zero-order valence-electron chi connectivity index (χ0n) is 11.4. The molecule has 1 aliphatic rings. The molecule has 2 rings (SSSR count). The van der Waals surface area contributed by atoms with Gasteiger partial charge in [0.05, 0.1) is 17.6 Å². The maximum Gasteiger partial charge on any atom is 0.124 e. The second-order valence-electron chi connectivity index (χ2n) is 5.60. The first kappa shape index (κ1) is 15.3. The van der Waals surface area contributed by atoms with E-state index in [4.69, 9.17) is 11.6 Å². The summed E-state index contributed by atoms with van der Waals surface area (Å²) >= 11 is 6.03. The van der Waals surface area contributed by atoms with Gasteiger partial charge in [0.1, 0.15) is 5.82 Å². The van der Waals surface area contributed by atoms with E-state index in [1.165, 1.54) is 24.6 Å². The maximum atomic E-state index is 13.1. The molecular weight excluding hydrogens is 277 g/mol. The fourth-order valence-electron chi connectivity index (χ4n) is 3.00. The second-order valence-corrected chi connectivity index (χ2v) is 6.01. The van der Waals surface area contributed by atoms with Crippen LogP contribution in [0.4, 0.5) is 4.39 Å². The van der Waals surface area contributed by atoms with E-state index in [-0.39, 0.29) is 5.02 Å². The number of aliphatic hydroxyl groups excluding tert-OH is 1. The van der Waals surface area contributed by atoms with Gasteiger partial charge in [-0.05, 0) is 25.0 Å². The quantitative estimate of drug-likeness (QED) is 0.854. The molecule has 4 heteroatoms. The van der Waals surface area contributed by atoms with Crippen molar-refractivity contribution < 1.29 is 9.50 Å². The number of hydrogen-bond donors (Lipinski definition) is 1. The first-order chi connectivity index (χ1) is 9.59. The zero-order valence-corrected chi connectivity index (χ0v) is 12.2. The van der Waals surface area contributed by atoms with Crippen LogP contribution in [0.1, 0.15) is 56.6 Å². The predicted molar refractivity (Wildman–Crippen MR) is 76.7 cm³/mol. The molecule has 0 heterocycles. The van der Waals surface area contributed by atoms with Crippen LogP contribution in [-0.4, -0.2) is 5.11 Å². The Morgan fingerprint density at radius 1 is 1.20 bits per heavy atom. The van der Waals surface area contributed by atoms with Gasteiger partial charge in [-0.25, -0.2) is 4.39 Å². The van der Waals surface area contributed by atoms with Crippen LogP contribution in [0.25, 0.3) is 0 Å². The minimum atomic E-state index is -0.960. The summed E-state index contributed by atoms with van der Waals surface area (Å²) < 4.78 is 13.1. The molecule has 108 valence electrons. The highest BCUT2D eigenvalue weighted by molar-refractivity contribution is 6.31. The molecule has 1 fully saturated rings. The van der Waals surface area contributed by atoms with Crippen molar-refractivity contribution in [1.82, 2.24) is 0 Å². The molecule has 0 aromatic heterocycles. The first-order valence-corrected chi connectivity index (χ1v) is 7.51. The average Bonchev–Trinajstić information content (AvgIpc) is 2.38. The topological polar surface area (TPSA) is 44.0 Å². The molecule has 1 saturated carbocycles. The van der Waals surface area contributed by atoms with E-state index >= 15 is 0 Å². The largest absolute Gasteiger partial charge is 0.387 e. The Bertz CT molecular complexity index is 504. The third kappa shape index (κ3) is 3.13. The molecule has 1 aromatic carbocycles. The summed E-state index contributed by atoms with van der Waals surface area (Å²) in [4.78, 5) is 0. The molecule has 0 spiro atoms. The number of rotatable bonds is 2. The van der Waals surface area contributed by atoms with Crippen molar-refractivity contribution in [3.8, 4) is 6.07 Å². The lowest BCUT2D eigenvalue weighted by Crippen LogP contribution is -2.28. The van der Waals surface area contributed by atoms with Crippen molar-refractivity contribution >= 4 is 11.6 Å². The number of benzene rings is 1. The standard InChI is InChI=1S/C16H19ClFNO/c17-14-10-12(18)6-7-13(14)15(20)16(11-19)8-4-2-1-3-5-9-16/h6-7,10,15,20H,1-5,8-9H2. The Hall–Kier alpha value is -1.11. The molecule has 2 nitrogen and oxygen atoms in total. The summed E-state index contributed by atoms with van der Waals surface area (Å²) in [5.41, 5.74) is -0.350. The minimum Gasteiger partial charge on any atom is -0.387 e. The van der Waals surface area contributed by atoms with Gasteiger partial charge >= 0.3 is 0 Å². The lowest BCUT2D eigenvalue weighted by Gasteiger charge is -2.34. The molecule has 0 saturated heterocycles. The molecule has 0 bridgehead atoms. The number of aliphatic hydroxyl groups is 1. The average molecular weight is 296 g/mol. The molecule has 0 aliphatic heterocycles. The van der Waals surface area contributed by atoms with E-state index in [1.807, 2.05) is 0 Å². The highest BCUT2D eigenvalue weighted by Gasteiger charge is 2.39. The number of halogens is 2. The molecule has 1 unspecified atom stereocenters. The van der Waals surface area contributed by atoms with Gasteiger partial charge in [0.25, 0.3) is 0 Å².